The van der Waals surface area contributed by atoms with E-state index >= 15 is 0 Å². The summed E-state index contributed by atoms with van der Waals surface area (Å²) in [5.41, 5.74) is -0.438. The van der Waals surface area contributed by atoms with Crippen LogP contribution in [0.3, 0.4) is 0 Å². The van der Waals surface area contributed by atoms with Crippen LogP contribution in [0, 0.1) is 11.6 Å². The second-order valence-corrected chi connectivity index (χ2v) is 7.73. The second kappa shape index (κ2) is 8.67. The highest BCUT2D eigenvalue weighted by Gasteiger charge is 2.42. The lowest BCUT2D eigenvalue weighted by atomic mass is 9.94. The predicted molar refractivity (Wildman–Crippen MR) is 96.7 cm³/mol. The van der Waals surface area contributed by atoms with Gasteiger partial charge in [-0.25, -0.2) is 13.6 Å². The molecule has 0 aliphatic carbocycles. The van der Waals surface area contributed by atoms with Crippen LogP contribution in [0.5, 0.6) is 0 Å². The molecule has 1 aromatic rings. The van der Waals surface area contributed by atoms with Crippen molar-refractivity contribution in [1.29, 1.82) is 0 Å². The molecule has 1 aliphatic rings. The van der Waals surface area contributed by atoms with Crippen LogP contribution < -0.4 is 0 Å². The van der Waals surface area contributed by atoms with Gasteiger partial charge in [-0.2, -0.15) is 0 Å². The van der Waals surface area contributed by atoms with E-state index in [9.17, 15) is 23.2 Å². The lowest BCUT2D eigenvalue weighted by Gasteiger charge is -2.27. The summed E-state index contributed by atoms with van der Waals surface area (Å²) in [5.74, 6) is -3.12. The van der Waals surface area contributed by atoms with Crippen molar-refractivity contribution >= 4 is 17.8 Å². The van der Waals surface area contributed by atoms with Gasteiger partial charge in [0.1, 0.15) is 23.7 Å². The Hall–Kier alpha value is -2.51. The number of hydrogen-bond acceptors (Lipinski definition) is 5. The lowest BCUT2D eigenvalue weighted by molar-refractivity contribution is -0.146. The van der Waals surface area contributed by atoms with Crippen molar-refractivity contribution in [2.45, 2.75) is 58.1 Å². The number of halogens is 2. The third-order valence-corrected chi connectivity index (χ3v) is 4.28. The quantitative estimate of drug-likeness (QED) is 0.561. The highest BCUT2D eigenvalue weighted by molar-refractivity contribution is 6.00. The zero-order valence-corrected chi connectivity index (χ0v) is 16.5. The van der Waals surface area contributed by atoms with Crippen LogP contribution in [0.15, 0.2) is 18.2 Å². The summed E-state index contributed by atoms with van der Waals surface area (Å²) in [4.78, 5) is 38.1. The van der Waals surface area contributed by atoms with E-state index in [0.29, 0.717) is 5.56 Å². The minimum atomic E-state index is -0.935. The first-order chi connectivity index (χ1) is 13.0. The zero-order chi connectivity index (χ0) is 21.1. The summed E-state index contributed by atoms with van der Waals surface area (Å²) < 4.78 is 37.4. The molecule has 2 atom stereocenters. The van der Waals surface area contributed by atoms with Gasteiger partial charge in [0.2, 0.25) is 0 Å². The Labute approximate surface area is 162 Å². The largest absolute Gasteiger partial charge is 0.466 e. The van der Waals surface area contributed by atoms with Crippen molar-refractivity contribution in [2.75, 3.05) is 13.2 Å². The van der Waals surface area contributed by atoms with Crippen LogP contribution in [0.4, 0.5) is 13.6 Å². The van der Waals surface area contributed by atoms with E-state index in [2.05, 4.69) is 0 Å². The summed E-state index contributed by atoms with van der Waals surface area (Å²) in [6.45, 7) is 6.88. The van der Waals surface area contributed by atoms with Gasteiger partial charge in [0.25, 0.3) is 0 Å². The fourth-order valence-corrected chi connectivity index (χ4v) is 3.19. The zero-order valence-electron chi connectivity index (χ0n) is 16.5. The molecular weight excluding hydrogens is 372 g/mol. The van der Waals surface area contributed by atoms with Gasteiger partial charge in [-0.3, -0.25) is 14.5 Å². The molecule has 1 aromatic carbocycles. The highest BCUT2D eigenvalue weighted by atomic mass is 19.1. The van der Waals surface area contributed by atoms with E-state index in [-0.39, 0.29) is 19.6 Å². The van der Waals surface area contributed by atoms with Crippen molar-refractivity contribution in [3.05, 3.63) is 35.4 Å². The number of hydrogen-bond donors (Lipinski definition) is 0. The Balaban J connectivity index is 2.26. The van der Waals surface area contributed by atoms with Crippen LogP contribution in [-0.4, -0.2) is 47.5 Å². The number of carbonyl (C=O) groups excluding carboxylic acids is 3. The molecule has 0 aromatic heterocycles. The molecule has 0 saturated carbocycles. The molecule has 1 amide bonds. The van der Waals surface area contributed by atoms with E-state index in [0.717, 1.165) is 6.07 Å². The minimum Gasteiger partial charge on any atom is -0.466 e. The Morgan fingerprint density at radius 2 is 1.75 bits per heavy atom. The van der Waals surface area contributed by atoms with Gasteiger partial charge in [0.15, 0.2) is 5.78 Å². The molecule has 1 aliphatic heterocycles. The summed E-state index contributed by atoms with van der Waals surface area (Å²) >= 11 is 0. The number of amides is 1. The molecule has 28 heavy (non-hydrogen) atoms. The molecule has 0 bridgehead atoms. The van der Waals surface area contributed by atoms with Gasteiger partial charge >= 0.3 is 12.1 Å². The van der Waals surface area contributed by atoms with Gasteiger partial charge in [0, 0.05) is 18.5 Å². The Morgan fingerprint density at radius 1 is 1.14 bits per heavy atom. The summed E-state index contributed by atoms with van der Waals surface area (Å²) in [7, 11) is 0. The normalized spacial score (nSPS) is 19.4. The number of carbonyl (C=O) groups is 3. The SMILES string of the molecule is CCOC(=O)CC(=O)C1C[C@@H](c2cc(F)cc(F)c2)CN1C(=O)OC(C)(C)C. The molecule has 1 saturated heterocycles. The number of ether oxygens (including phenoxy) is 2. The van der Waals surface area contributed by atoms with Crippen molar-refractivity contribution < 1.29 is 32.6 Å². The Kier molecular flexibility index (Phi) is 6.74. The van der Waals surface area contributed by atoms with E-state index in [4.69, 9.17) is 9.47 Å². The predicted octanol–water partition coefficient (Wildman–Crippen LogP) is 3.58. The number of Topliss-reactive ketones (excluding diaryl/α,β-unsaturated/α-hetero) is 1. The Morgan fingerprint density at radius 3 is 2.29 bits per heavy atom. The summed E-state index contributed by atoms with van der Waals surface area (Å²) in [6.07, 6.45) is -1.06. The third-order valence-electron chi connectivity index (χ3n) is 4.28. The average Bonchev–Trinajstić information content (AvgIpc) is 2.98. The molecule has 6 nitrogen and oxygen atoms in total. The molecule has 1 heterocycles. The van der Waals surface area contributed by atoms with E-state index in [1.54, 1.807) is 27.7 Å². The van der Waals surface area contributed by atoms with Crippen molar-refractivity contribution in [3.63, 3.8) is 0 Å². The maximum atomic E-state index is 13.6. The fraction of sp³-hybridized carbons (Fsp3) is 0.550. The summed E-state index contributed by atoms with van der Waals surface area (Å²) in [5, 5.41) is 0. The minimum absolute atomic E-state index is 0.0526. The van der Waals surface area contributed by atoms with Crippen molar-refractivity contribution in [1.82, 2.24) is 4.90 Å². The average molecular weight is 397 g/mol. The van der Waals surface area contributed by atoms with Gasteiger partial charge in [-0.05, 0) is 51.8 Å². The number of likely N-dealkylation sites (tertiary alicyclic amines) is 1. The second-order valence-electron chi connectivity index (χ2n) is 7.73. The van der Waals surface area contributed by atoms with Crippen LogP contribution in [0.25, 0.3) is 0 Å². The number of esters is 1. The van der Waals surface area contributed by atoms with Crippen LogP contribution in [0.1, 0.15) is 52.0 Å². The highest BCUT2D eigenvalue weighted by Crippen LogP contribution is 2.34. The fourth-order valence-electron chi connectivity index (χ4n) is 3.19. The topological polar surface area (TPSA) is 72.9 Å². The molecule has 0 radical (unpaired) electrons. The van der Waals surface area contributed by atoms with Crippen LogP contribution in [-0.2, 0) is 19.1 Å². The van der Waals surface area contributed by atoms with Crippen molar-refractivity contribution in [2.24, 2.45) is 0 Å². The van der Waals surface area contributed by atoms with Crippen LogP contribution >= 0.6 is 0 Å². The number of nitrogens with zero attached hydrogens (tertiary/aromatic N) is 1. The molecule has 0 spiro atoms. The monoisotopic (exact) mass is 397 g/mol. The lowest BCUT2D eigenvalue weighted by Crippen LogP contribution is -2.44. The van der Waals surface area contributed by atoms with Gasteiger partial charge < -0.3 is 9.47 Å². The molecule has 0 N–H and O–H groups in total. The maximum Gasteiger partial charge on any atom is 0.410 e. The third kappa shape index (κ3) is 5.74. The molecular formula is C20H25F2NO5. The van der Waals surface area contributed by atoms with Crippen LogP contribution in [0.2, 0.25) is 0 Å². The van der Waals surface area contributed by atoms with Crippen molar-refractivity contribution in [3.8, 4) is 0 Å². The molecule has 1 fully saturated rings. The number of rotatable bonds is 5. The van der Waals surface area contributed by atoms with Gasteiger partial charge in [-0.1, -0.05) is 0 Å². The van der Waals surface area contributed by atoms with E-state index in [1.165, 1.54) is 17.0 Å². The first-order valence-corrected chi connectivity index (χ1v) is 9.14. The standard InChI is InChI=1S/C20H25F2NO5/c1-5-27-18(25)10-17(24)16-8-13(12-6-14(21)9-15(22)7-12)11-23(16)19(26)28-20(2,3)4/h6-7,9,13,16H,5,8,10-11H2,1-4H3/t13-,16?/m1/s1. The van der Waals surface area contributed by atoms with Gasteiger partial charge in [-0.15, -0.1) is 0 Å². The first kappa shape index (κ1) is 21.8. The smallest absolute Gasteiger partial charge is 0.410 e. The molecule has 154 valence electrons. The number of ketones is 1. The van der Waals surface area contributed by atoms with E-state index < -0.39 is 53.5 Å². The molecule has 8 heteroatoms. The first-order valence-electron chi connectivity index (χ1n) is 9.14. The Bertz CT molecular complexity index is 739. The summed E-state index contributed by atoms with van der Waals surface area (Å²) in [6, 6.07) is 2.18. The van der Waals surface area contributed by atoms with E-state index in [1.807, 2.05) is 0 Å². The number of benzene rings is 1. The molecule has 2 rings (SSSR count). The van der Waals surface area contributed by atoms with Gasteiger partial charge in [0.05, 0.1) is 12.6 Å². The maximum absolute atomic E-state index is 13.6. The molecule has 1 unspecified atom stereocenters.